The smallest absolute Gasteiger partial charge is 0.227 e. The average molecular weight is 330 g/mol. The summed E-state index contributed by atoms with van der Waals surface area (Å²) in [5, 5.41) is 7.26. The summed E-state index contributed by atoms with van der Waals surface area (Å²) in [7, 11) is 1.62. The number of carbonyl (C=O) groups excluding carboxylic acids is 1. The van der Waals surface area contributed by atoms with Crippen LogP contribution in [0, 0.1) is 0 Å². The minimum absolute atomic E-state index is 0.133. The van der Waals surface area contributed by atoms with E-state index in [0.717, 1.165) is 30.9 Å². The fraction of sp³-hybridized carbons (Fsp3) is 0.471. The van der Waals surface area contributed by atoms with E-state index in [0.29, 0.717) is 24.6 Å². The Hall–Kier alpha value is -2.41. The number of benzene rings is 1. The second-order valence-electron chi connectivity index (χ2n) is 5.88. The van der Waals surface area contributed by atoms with E-state index in [1.165, 1.54) is 0 Å². The average Bonchev–Trinajstić information content (AvgIpc) is 3.09. The zero-order valence-corrected chi connectivity index (χ0v) is 14.0. The number of piperazine rings is 1. The summed E-state index contributed by atoms with van der Waals surface area (Å²) in [5.41, 5.74) is 0.854. The van der Waals surface area contributed by atoms with Crippen molar-refractivity contribution in [3.05, 3.63) is 30.2 Å². The van der Waals surface area contributed by atoms with Gasteiger partial charge in [-0.15, -0.1) is 0 Å². The molecule has 7 heteroatoms. The second-order valence-corrected chi connectivity index (χ2v) is 5.88. The van der Waals surface area contributed by atoms with Crippen molar-refractivity contribution in [1.82, 2.24) is 20.4 Å². The zero-order chi connectivity index (χ0) is 16.9. The van der Waals surface area contributed by atoms with Crippen LogP contribution in [0.4, 0.5) is 0 Å². The first kappa shape index (κ1) is 16.4. The molecule has 1 saturated heterocycles. The molecule has 24 heavy (non-hydrogen) atoms. The van der Waals surface area contributed by atoms with Crippen LogP contribution in [0.15, 0.2) is 28.8 Å². The lowest BCUT2D eigenvalue weighted by Crippen LogP contribution is -2.52. The summed E-state index contributed by atoms with van der Waals surface area (Å²) in [6.07, 6.45) is 0.840. The fourth-order valence-electron chi connectivity index (χ4n) is 2.78. The molecule has 0 aliphatic carbocycles. The number of amides is 1. The molecule has 3 rings (SSSR count). The van der Waals surface area contributed by atoms with E-state index in [2.05, 4.69) is 22.4 Å². The van der Waals surface area contributed by atoms with Gasteiger partial charge in [-0.2, -0.15) is 4.98 Å². The molecule has 1 aliphatic heterocycles. The number of ether oxygens (including phenoxy) is 1. The molecule has 1 aromatic heterocycles. The number of carbonyl (C=O) groups is 1. The van der Waals surface area contributed by atoms with Crippen molar-refractivity contribution in [1.29, 1.82) is 0 Å². The predicted octanol–water partition coefficient (Wildman–Crippen LogP) is 1.50. The van der Waals surface area contributed by atoms with E-state index < -0.39 is 0 Å². The molecular formula is C17H22N4O3. The zero-order valence-electron chi connectivity index (χ0n) is 14.0. The Bertz CT molecular complexity index is 683. The molecule has 7 nitrogen and oxygen atoms in total. The standard InChI is InChI=1S/C17H22N4O3/c1-12-11-18-9-10-21(12)16(22)8-7-15-19-17(20-24-15)13-3-5-14(23-2)6-4-13/h3-6,12,18H,7-11H2,1-2H3/t12-/m1/s1. The number of aromatic nitrogens is 2. The number of nitrogens with one attached hydrogen (secondary N) is 1. The maximum atomic E-state index is 12.3. The minimum Gasteiger partial charge on any atom is -0.497 e. The van der Waals surface area contributed by atoms with Crippen LogP contribution in [0.25, 0.3) is 11.4 Å². The predicted molar refractivity (Wildman–Crippen MR) is 88.7 cm³/mol. The van der Waals surface area contributed by atoms with Crippen LogP contribution in [0.3, 0.4) is 0 Å². The molecule has 0 bridgehead atoms. The molecule has 1 aromatic carbocycles. The third-order valence-corrected chi connectivity index (χ3v) is 4.19. The van der Waals surface area contributed by atoms with Gasteiger partial charge in [0.25, 0.3) is 0 Å². The van der Waals surface area contributed by atoms with Crippen LogP contribution >= 0.6 is 0 Å². The molecule has 2 heterocycles. The van der Waals surface area contributed by atoms with Gasteiger partial charge in [0.1, 0.15) is 5.75 Å². The van der Waals surface area contributed by atoms with E-state index in [4.69, 9.17) is 9.26 Å². The molecule has 1 atom stereocenters. The van der Waals surface area contributed by atoms with Gasteiger partial charge in [-0.25, -0.2) is 0 Å². The Morgan fingerprint density at radius 2 is 2.21 bits per heavy atom. The van der Waals surface area contributed by atoms with Crippen LogP contribution in [-0.2, 0) is 11.2 Å². The van der Waals surface area contributed by atoms with Crippen LogP contribution < -0.4 is 10.1 Å². The van der Waals surface area contributed by atoms with Gasteiger partial charge in [0, 0.05) is 44.1 Å². The Morgan fingerprint density at radius 3 is 2.92 bits per heavy atom. The van der Waals surface area contributed by atoms with Gasteiger partial charge in [0.15, 0.2) is 0 Å². The lowest BCUT2D eigenvalue weighted by atomic mass is 10.2. The summed E-state index contributed by atoms with van der Waals surface area (Å²) >= 11 is 0. The van der Waals surface area contributed by atoms with Crippen molar-refractivity contribution in [3.63, 3.8) is 0 Å². The van der Waals surface area contributed by atoms with Crippen LogP contribution in [0.1, 0.15) is 19.2 Å². The molecule has 0 spiro atoms. The van der Waals surface area contributed by atoms with Gasteiger partial charge in [0.05, 0.1) is 7.11 Å². The molecule has 1 amide bonds. The third kappa shape index (κ3) is 3.73. The molecule has 1 fully saturated rings. The van der Waals surface area contributed by atoms with E-state index >= 15 is 0 Å². The molecule has 1 N–H and O–H groups in total. The van der Waals surface area contributed by atoms with Gasteiger partial charge in [0.2, 0.25) is 17.6 Å². The van der Waals surface area contributed by atoms with Gasteiger partial charge >= 0.3 is 0 Å². The monoisotopic (exact) mass is 330 g/mol. The molecule has 2 aromatic rings. The van der Waals surface area contributed by atoms with E-state index in [9.17, 15) is 4.79 Å². The first-order valence-corrected chi connectivity index (χ1v) is 8.14. The Kier molecular flexibility index (Phi) is 5.10. The maximum Gasteiger partial charge on any atom is 0.227 e. The highest BCUT2D eigenvalue weighted by Crippen LogP contribution is 2.20. The SMILES string of the molecule is COc1ccc(-c2noc(CCC(=O)N3CCNC[C@H]3C)n2)cc1. The van der Waals surface area contributed by atoms with Crippen LogP contribution in [0.2, 0.25) is 0 Å². The van der Waals surface area contributed by atoms with Crippen LogP contribution in [-0.4, -0.2) is 53.7 Å². The van der Waals surface area contributed by atoms with Gasteiger partial charge in [-0.05, 0) is 31.2 Å². The van der Waals surface area contributed by atoms with Crippen molar-refractivity contribution in [3.8, 4) is 17.1 Å². The lowest BCUT2D eigenvalue weighted by molar-refractivity contribution is -0.134. The van der Waals surface area contributed by atoms with Crippen molar-refractivity contribution in [2.24, 2.45) is 0 Å². The third-order valence-electron chi connectivity index (χ3n) is 4.19. The van der Waals surface area contributed by atoms with E-state index in [1.807, 2.05) is 29.2 Å². The summed E-state index contributed by atoms with van der Waals surface area (Å²) in [6.45, 7) is 4.49. The first-order chi connectivity index (χ1) is 11.7. The highest BCUT2D eigenvalue weighted by atomic mass is 16.5. The van der Waals surface area contributed by atoms with E-state index in [-0.39, 0.29) is 11.9 Å². The quantitative estimate of drug-likeness (QED) is 0.895. The largest absolute Gasteiger partial charge is 0.497 e. The highest BCUT2D eigenvalue weighted by Gasteiger charge is 2.23. The van der Waals surface area contributed by atoms with Crippen molar-refractivity contribution >= 4 is 5.91 Å². The number of aryl methyl sites for hydroxylation is 1. The van der Waals surface area contributed by atoms with Gasteiger partial charge < -0.3 is 19.5 Å². The lowest BCUT2D eigenvalue weighted by Gasteiger charge is -2.34. The molecular weight excluding hydrogens is 308 g/mol. The number of hydrogen-bond donors (Lipinski definition) is 1. The fourth-order valence-corrected chi connectivity index (χ4v) is 2.78. The summed E-state index contributed by atoms with van der Waals surface area (Å²) < 4.78 is 10.4. The second kappa shape index (κ2) is 7.44. The Labute approximate surface area is 141 Å². The summed E-state index contributed by atoms with van der Waals surface area (Å²) in [4.78, 5) is 18.6. The highest BCUT2D eigenvalue weighted by molar-refractivity contribution is 5.76. The number of rotatable bonds is 5. The van der Waals surface area contributed by atoms with Crippen molar-refractivity contribution in [2.75, 3.05) is 26.7 Å². The minimum atomic E-state index is 0.133. The number of hydrogen-bond acceptors (Lipinski definition) is 6. The van der Waals surface area contributed by atoms with E-state index in [1.54, 1.807) is 7.11 Å². The molecule has 0 unspecified atom stereocenters. The van der Waals surface area contributed by atoms with Crippen LogP contribution in [0.5, 0.6) is 5.75 Å². The van der Waals surface area contributed by atoms with Gasteiger partial charge in [-0.1, -0.05) is 5.16 Å². The molecule has 0 saturated carbocycles. The Balaban J connectivity index is 1.58. The maximum absolute atomic E-state index is 12.3. The van der Waals surface area contributed by atoms with Crippen molar-refractivity contribution < 1.29 is 14.1 Å². The molecule has 0 radical (unpaired) electrons. The summed E-state index contributed by atoms with van der Waals surface area (Å²) in [5.74, 6) is 1.92. The molecule has 128 valence electrons. The molecule has 1 aliphatic rings. The normalized spacial score (nSPS) is 17.8. The van der Waals surface area contributed by atoms with Crippen molar-refractivity contribution in [2.45, 2.75) is 25.8 Å². The Morgan fingerprint density at radius 1 is 1.42 bits per heavy atom. The topological polar surface area (TPSA) is 80.5 Å². The number of nitrogens with zero attached hydrogens (tertiary/aromatic N) is 3. The first-order valence-electron chi connectivity index (χ1n) is 8.14. The van der Waals surface area contributed by atoms with Gasteiger partial charge in [-0.3, -0.25) is 4.79 Å². The number of methoxy groups -OCH3 is 1. The summed E-state index contributed by atoms with van der Waals surface area (Å²) in [6, 6.07) is 7.67.